The van der Waals surface area contributed by atoms with E-state index in [0.717, 1.165) is 30.8 Å². The summed E-state index contributed by atoms with van der Waals surface area (Å²) in [7, 11) is 0. The van der Waals surface area contributed by atoms with Crippen LogP contribution < -0.4 is 0 Å². The van der Waals surface area contributed by atoms with Gasteiger partial charge < -0.3 is 9.47 Å². The van der Waals surface area contributed by atoms with Crippen LogP contribution in [-0.4, -0.2) is 44.4 Å². The number of aryl methyl sites for hydroxylation is 1. The van der Waals surface area contributed by atoms with Gasteiger partial charge in [0.15, 0.2) is 4.77 Å². The van der Waals surface area contributed by atoms with Gasteiger partial charge in [-0.05, 0) is 38.9 Å². The van der Waals surface area contributed by atoms with E-state index in [1.54, 1.807) is 17.0 Å². The number of piperidine rings is 1. The lowest BCUT2D eigenvalue weighted by Gasteiger charge is -2.31. The first-order chi connectivity index (χ1) is 12.0. The van der Waals surface area contributed by atoms with Crippen molar-refractivity contribution in [2.75, 3.05) is 13.1 Å². The molecule has 1 aliphatic rings. The van der Waals surface area contributed by atoms with Crippen molar-refractivity contribution in [3.8, 4) is 0 Å². The number of carbonyl (C=O) groups is 2. The van der Waals surface area contributed by atoms with Crippen LogP contribution in [0.25, 0.3) is 0 Å². The minimum absolute atomic E-state index is 0.0939. The van der Waals surface area contributed by atoms with Crippen molar-refractivity contribution in [3.05, 3.63) is 46.0 Å². The molecule has 3 rings (SSSR count). The first-order valence-electron chi connectivity index (χ1n) is 8.56. The Morgan fingerprint density at radius 2 is 2.04 bits per heavy atom. The Kier molecular flexibility index (Phi) is 5.13. The van der Waals surface area contributed by atoms with Crippen LogP contribution >= 0.6 is 12.2 Å². The number of carbonyl (C=O) groups excluding carboxylic acids is 2. The molecule has 1 saturated heterocycles. The molecule has 0 radical (unpaired) electrons. The summed E-state index contributed by atoms with van der Waals surface area (Å²) in [6, 6.07) is 7.11. The molecule has 0 spiro atoms. The Morgan fingerprint density at radius 1 is 1.32 bits per heavy atom. The summed E-state index contributed by atoms with van der Waals surface area (Å²) in [6.07, 6.45) is 1.78. The number of nitrogens with zero attached hydrogens (tertiary/aromatic N) is 3. The second kappa shape index (κ2) is 7.31. The number of ketones is 1. The third-order valence-corrected chi connectivity index (χ3v) is 5.00. The summed E-state index contributed by atoms with van der Waals surface area (Å²) in [4.78, 5) is 26.8. The summed E-state index contributed by atoms with van der Waals surface area (Å²) in [5.41, 5.74) is 1.50. The van der Waals surface area contributed by atoms with Crippen molar-refractivity contribution in [3.63, 3.8) is 0 Å². The molecule has 0 saturated carbocycles. The van der Waals surface area contributed by atoms with E-state index in [9.17, 15) is 9.59 Å². The van der Waals surface area contributed by atoms with Gasteiger partial charge in [0.2, 0.25) is 5.78 Å². The van der Waals surface area contributed by atoms with E-state index in [1.807, 2.05) is 30.5 Å². The van der Waals surface area contributed by atoms with Gasteiger partial charge in [-0.3, -0.25) is 14.7 Å². The Balaban J connectivity index is 1.76. The third kappa shape index (κ3) is 3.56. The molecule has 25 heavy (non-hydrogen) atoms. The van der Waals surface area contributed by atoms with Crippen LogP contribution in [0.4, 0.5) is 0 Å². The number of hydrogen-bond donors (Lipinski definition) is 1. The molecule has 7 heteroatoms. The van der Waals surface area contributed by atoms with Crippen LogP contribution in [0.2, 0.25) is 0 Å². The van der Waals surface area contributed by atoms with Crippen molar-refractivity contribution in [1.29, 1.82) is 0 Å². The van der Waals surface area contributed by atoms with Gasteiger partial charge in [-0.1, -0.05) is 29.8 Å². The maximum atomic E-state index is 12.6. The molecule has 0 aliphatic carbocycles. The maximum Gasteiger partial charge on any atom is 0.294 e. The van der Waals surface area contributed by atoms with Gasteiger partial charge in [0.1, 0.15) is 5.82 Å². The number of H-pyrrole nitrogens is 1. The highest BCUT2D eigenvalue weighted by Gasteiger charge is 2.31. The number of aromatic amines is 1. The molecule has 0 bridgehead atoms. The minimum atomic E-state index is -0.449. The second-order valence-electron chi connectivity index (χ2n) is 6.42. The highest BCUT2D eigenvalue weighted by atomic mass is 32.1. The van der Waals surface area contributed by atoms with Gasteiger partial charge in [-0.15, -0.1) is 0 Å². The predicted octanol–water partition coefficient (Wildman–Crippen LogP) is 2.86. The Labute approximate surface area is 151 Å². The first-order valence-corrected chi connectivity index (χ1v) is 8.97. The fraction of sp³-hybridized carbons (Fsp3) is 0.444. The number of nitrogens with one attached hydrogen (secondary N) is 1. The van der Waals surface area contributed by atoms with Crippen molar-refractivity contribution in [2.24, 2.45) is 0 Å². The minimum Gasteiger partial charge on any atom is -0.335 e. The number of likely N-dealkylation sites (tertiary alicyclic amines) is 1. The smallest absolute Gasteiger partial charge is 0.294 e. The molecule has 1 N–H and O–H groups in total. The van der Waals surface area contributed by atoms with Gasteiger partial charge in [-0.25, -0.2) is 0 Å². The number of Topliss-reactive ketones (excluding diaryl/α,β-unsaturated/α-hetero) is 1. The normalized spacial score (nSPS) is 17.5. The first kappa shape index (κ1) is 17.5. The van der Waals surface area contributed by atoms with E-state index in [2.05, 4.69) is 10.2 Å². The Morgan fingerprint density at radius 3 is 2.72 bits per heavy atom. The van der Waals surface area contributed by atoms with Crippen LogP contribution in [0, 0.1) is 11.7 Å². The summed E-state index contributed by atoms with van der Waals surface area (Å²) in [6.45, 7) is 5.80. The Bertz CT molecular complexity index is 838. The van der Waals surface area contributed by atoms with E-state index in [4.69, 9.17) is 12.2 Å². The number of aromatic nitrogens is 3. The molecular weight excluding hydrogens is 336 g/mol. The van der Waals surface area contributed by atoms with E-state index in [1.165, 1.54) is 0 Å². The van der Waals surface area contributed by atoms with Gasteiger partial charge >= 0.3 is 0 Å². The molecule has 6 nitrogen and oxygen atoms in total. The standard InChI is InChI=1S/C18H22N4O2S/c1-3-22-16(19-20-18(22)25)14-5-4-10-21(11-14)17(24)15(23)13-8-6-12(2)7-9-13/h6-9,14H,3-5,10-11H2,1-2H3,(H,20,25). The van der Waals surface area contributed by atoms with Crippen molar-refractivity contribution in [1.82, 2.24) is 19.7 Å². The lowest BCUT2D eigenvalue weighted by atomic mass is 9.96. The molecule has 1 aliphatic heterocycles. The highest BCUT2D eigenvalue weighted by Crippen LogP contribution is 2.26. The third-order valence-electron chi connectivity index (χ3n) is 4.69. The summed E-state index contributed by atoms with van der Waals surface area (Å²) in [5.74, 6) is 0.0740. The van der Waals surface area contributed by atoms with Crippen LogP contribution in [0.1, 0.15) is 47.4 Å². The summed E-state index contributed by atoms with van der Waals surface area (Å²) >= 11 is 5.25. The SMILES string of the molecule is CCn1c(C2CCCN(C(=O)C(=O)c3ccc(C)cc3)C2)n[nH]c1=S. The van der Waals surface area contributed by atoms with Crippen molar-refractivity contribution >= 4 is 23.9 Å². The lowest BCUT2D eigenvalue weighted by Crippen LogP contribution is -2.43. The van der Waals surface area contributed by atoms with E-state index < -0.39 is 11.7 Å². The molecule has 1 amide bonds. The van der Waals surface area contributed by atoms with E-state index in [0.29, 0.717) is 23.4 Å². The van der Waals surface area contributed by atoms with Gasteiger partial charge in [0.25, 0.3) is 5.91 Å². The van der Waals surface area contributed by atoms with Crippen LogP contribution in [-0.2, 0) is 11.3 Å². The van der Waals surface area contributed by atoms with Crippen molar-refractivity contribution < 1.29 is 9.59 Å². The average Bonchev–Trinajstić information content (AvgIpc) is 3.02. The number of rotatable bonds is 4. The zero-order valence-electron chi connectivity index (χ0n) is 14.5. The molecular formula is C18H22N4O2S. The topological polar surface area (TPSA) is 71.0 Å². The number of amides is 1. The second-order valence-corrected chi connectivity index (χ2v) is 6.80. The number of benzene rings is 1. The molecule has 2 aromatic rings. The van der Waals surface area contributed by atoms with Gasteiger partial charge in [0, 0.05) is 31.1 Å². The van der Waals surface area contributed by atoms with Gasteiger partial charge in [-0.2, -0.15) is 5.10 Å². The molecule has 1 atom stereocenters. The highest BCUT2D eigenvalue weighted by molar-refractivity contribution is 7.71. The van der Waals surface area contributed by atoms with Crippen LogP contribution in [0.15, 0.2) is 24.3 Å². The molecule has 1 aromatic carbocycles. The quantitative estimate of drug-likeness (QED) is 0.518. The molecule has 2 heterocycles. The van der Waals surface area contributed by atoms with E-state index >= 15 is 0 Å². The molecule has 1 fully saturated rings. The Hall–Kier alpha value is -2.28. The average molecular weight is 358 g/mol. The van der Waals surface area contributed by atoms with Crippen LogP contribution in [0.3, 0.4) is 0 Å². The summed E-state index contributed by atoms with van der Waals surface area (Å²) in [5, 5.41) is 7.17. The fourth-order valence-electron chi connectivity index (χ4n) is 3.29. The zero-order valence-corrected chi connectivity index (χ0v) is 15.3. The molecule has 1 unspecified atom stereocenters. The van der Waals surface area contributed by atoms with Crippen LogP contribution in [0.5, 0.6) is 0 Å². The van der Waals surface area contributed by atoms with E-state index in [-0.39, 0.29) is 5.92 Å². The molecule has 1 aromatic heterocycles. The maximum absolute atomic E-state index is 12.6. The zero-order chi connectivity index (χ0) is 18.0. The number of hydrogen-bond acceptors (Lipinski definition) is 4. The van der Waals surface area contributed by atoms with Crippen molar-refractivity contribution in [2.45, 2.75) is 39.2 Å². The summed E-state index contributed by atoms with van der Waals surface area (Å²) < 4.78 is 2.55. The fourth-order valence-corrected chi connectivity index (χ4v) is 3.56. The predicted molar refractivity (Wildman–Crippen MR) is 97.2 cm³/mol. The lowest BCUT2D eigenvalue weighted by molar-refractivity contribution is -0.127. The monoisotopic (exact) mass is 358 g/mol. The van der Waals surface area contributed by atoms with Gasteiger partial charge in [0.05, 0.1) is 0 Å². The molecule has 132 valence electrons. The largest absolute Gasteiger partial charge is 0.335 e.